The van der Waals surface area contributed by atoms with Crippen molar-refractivity contribution in [1.29, 1.82) is 0 Å². The van der Waals surface area contributed by atoms with E-state index in [9.17, 15) is 14.7 Å². The standard InChI is InChI=1S/C21H31N3O4/c1-20(2,3)28-19(27)23-11-9-22(10-12-23)17-8-6-7-15-14-24(18(25)26)21(4,5)13-16(15)17/h6-8H,9-14H2,1-5H3,(H,25,26). The zero-order valence-electron chi connectivity index (χ0n) is 17.5. The van der Waals surface area contributed by atoms with Crippen LogP contribution in [-0.4, -0.2) is 64.4 Å². The summed E-state index contributed by atoms with van der Waals surface area (Å²) in [4.78, 5) is 29.5. The molecule has 7 heteroatoms. The Bertz CT molecular complexity index is 761. The fourth-order valence-corrected chi connectivity index (χ4v) is 3.96. The minimum Gasteiger partial charge on any atom is -0.465 e. The van der Waals surface area contributed by atoms with Crippen molar-refractivity contribution < 1.29 is 19.4 Å². The number of piperazine rings is 1. The summed E-state index contributed by atoms with van der Waals surface area (Å²) in [5.41, 5.74) is 2.49. The summed E-state index contributed by atoms with van der Waals surface area (Å²) in [6.45, 7) is 12.7. The molecule has 1 aromatic rings. The van der Waals surface area contributed by atoms with Crippen LogP contribution in [0.15, 0.2) is 18.2 Å². The number of benzene rings is 1. The number of amides is 2. The molecule has 7 nitrogen and oxygen atoms in total. The Morgan fingerprint density at radius 2 is 1.75 bits per heavy atom. The molecule has 0 atom stereocenters. The van der Waals surface area contributed by atoms with Gasteiger partial charge >= 0.3 is 12.2 Å². The van der Waals surface area contributed by atoms with Gasteiger partial charge in [-0.15, -0.1) is 0 Å². The molecule has 2 aliphatic heterocycles. The highest BCUT2D eigenvalue weighted by Crippen LogP contribution is 2.36. The number of rotatable bonds is 1. The third kappa shape index (κ3) is 4.18. The molecule has 0 aromatic heterocycles. The summed E-state index contributed by atoms with van der Waals surface area (Å²) in [6.07, 6.45) is -0.468. The van der Waals surface area contributed by atoms with Gasteiger partial charge in [0, 0.05) is 44.0 Å². The predicted octanol–water partition coefficient (Wildman–Crippen LogP) is 3.56. The molecule has 3 rings (SSSR count). The van der Waals surface area contributed by atoms with Crippen molar-refractivity contribution in [3.8, 4) is 0 Å². The molecule has 1 N–H and O–H groups in total. The highest BCUT2D eigenvalue weighted by molar-refractivity contribution is 5.70. The van der Waals surface area contributed by atoms with Gasteiger partial charge in [0.15, 0.2) is 0 Å². The molecule has 1 saturated heterocycles. The summed E-state index contributed by atoms with van der Waals surface area (Å²) in [6, 6.07) is 6.11. The summed E-state index contributed by atoms with van der Waals surface area (Å²) < 4.78 is 5.48. The third-order valence-corrected chi connectivity index (χ3v) is 5.42. The van der Waals surface area contributed by atoms with E-state index in [1.807, 2.05) is 46.8 Å². The van der Waals surface area contributed by atoms with Crippen LogP contribution in [-0.2, 0) is 17.7 Å². The van der Waals surface area contributed by atoms with Gasteiger partial charge in [0.25, 0.3) is 0 Å². The van der Waals surface area contributed by atoms with Crippen LogP contribution in [0, 0.1) is 0 Å². The predicted molar refractivity (Wildman–Crippen MR) is 108 cm³/mol. The first-order valence-electron chi connectivity index (χ1n) is 9.82. The molecule has 0 radical (unpaired) electrons. The minimum atomic E-state index is -0.882. The van der Waals surface area contributed by atoms with E-state index >= 15 is 0 Å². The van der Waals surface area contributed by atoms with Crippen molar-refractivity contribution in [1.82, 2.24) is 9.80 Å². The zero-order chi connectivity index (χ0) is 20.7. The van der Waals surface area contributed by atoms with Gasteiger partial charge in [0.05, 0.1) is 0 Å². The molecule has 0 saturated carbocycles. The quantitative estimate of drug-likeness (QED) is 0.795. The monoisotopic (exact) mass is 389 g/mol. The average Bonchev–Trinajstić information content (AvgIpc) is 2.58. The molecule has 2 aliphatic rings. The van der Waals surface area contributed by atoms with Crippen LogP contribution < -0.4 is 4.90 Å². The number of carbonyl (C=O) groups excluding carboxylic acids is 1. The summed E-state index contributed by atoms with van der Waals surface area (Å²) in [5, 5.41) is 9.55. The van der Waals surface area contributed by atoms with Gasteiger partial charge in [-0.1, -0.05) is 12.1 Å². The number of carboxylic acid groups (broad SMARTS) is 1. The lowest BCUT2D eigenvalue weighted by Gasteiger charge is -2.44. The maximum absolute atomic E-state index is 12.3. The van der Waals surface area contributed by atoms with Gasteiger partial charge in [-0.25, -0.2) is 9.59 Å². The molecule has 2 amide bonds. The van der Waals surface area contributed by atoms with Crippen molar-refractivity contribution >= 4 is 17.9 Å². The van der Waals surface area contributed by atoms with Crippen molar-refractivity contribution in [3.63, 3.8) is 0 Å². The molecule has 1 aromatic carbocycles. The molecule has 0 spiro atoms. The highest BCUT2D eigenvalue weighted by Gasteiger charge is 2.38. The fourth-order valence-electron chi connectivity index (χ4n) is 3.96. The Morgan fingerprint density at radius 1 is 1.11 bits per heavy atom. The number of nitrogens with zero attached hydrogens (tertiary/aromatic N) is 3. The van der Waals surface area contributed by atoms with Crippen LogP contribution in [0.1, 0.15) is 45.7 Å². The Hall–Kier alpha value is -2.44. The molecular weight excluding hydrogens is 358 g/mol. The van der Waals surface area contributed by atoms with Gasteiger partial charge in [-0.05, 0) is 58.2 Å². The number of fused-ring (bicyclic) bond motifs is 1. The fraction of sp³-hybridized carbons (Fsp3) is 0.619. The number of hydrogen-bond donors (Lipinski definition) is 1. The highest BCUT2D eigenvalue weighted by atomic mass is 16.6. The van der Waals surface area contributed by atoms with Gasteiger partial charge in [-0.3, -0.25) is 4.90 Å². The van der Waals surface area contributed by atoms with Gasteiger partial charge in [0.2, 0.25) is 0 Å². The van der Waals surface area contributed by atoms with E-state index in [4.69, 9.17) is 4.74 Å². The SMILES string of the molecule is CC(C)(C)OC(=O)N1CCN(c2cccc3c2CC(C)(C)N(C(=O)O)C3)CC1. The molecule has 2 heterocycles. The summed E-state index contributed by atoms with van der Waals surface area (Å²) in [5.74, 6) is 0. The first-order chi connectivity index (χ1) is 13.0. The summed E-state index contributed by atoms with van der Waals surface area (Å²) >= 11 is 0. The van der Waals surface area contributed by atoms with E-state index in [0.717, 1.165) is 24.3 Å². The Labute approximate surface area is 166 Å². The van der Waals surface area contributed by atoms with Crippen LogP contribution in [0.25, 0.3) is 0 Å². The number of anilines is 1. The largest absolute Gasteiger partial charge is 0.465 e. The van der Waals surface area contributed by atoms with Gasteiger partial charge in [0.1, 0.15) is 5.60 Å². The van der Waals surface area contributed by atoms with Gasteiger partial charge < -0.3 is 19.6 Å². The molecule has 1 fully saturated rings. The van der Waals surface area contributed by atoms with Crippen LogP contribution in [0.2, 0.25) is 0 Å². The second-order valence-electron chi connectivity index (χ2n) is 9.23. The first kappa shape index (κ1) is 20.3. The second kappa shape index (κ2) is 7.18. The Balaban J connectivity index is 1.74. The van der Waals surface area contributed by atoms with E-state index in [-0.39, 0.29) is 6.09 Å². The molecule has 0 bridgehead atoms. The maximum Gasteiger partial charge on any atom is 0.410 e. The number of ether oxygens (including phenoxy) is 1. The molecule has 0 aliphatic carbocycles. The van der Waals surface area contributed by atoms with Crippen molar-refractivity contribution in [3.05, 3.63) is 29.3 Å². The Morgan fingerprint density at radius 3 is 2.32 bits per heavy atom. The topological polar surface area (TPSA) is 73.3 Å². The Kier molecular flexibility index (Phi) is 5.21. The zero-order valence-corrected chi connectivity index (χ0v) is 17.5. The van der Waals surface area contributed by atoms with E-state index in [2.05, 4.69) is 11.0 Å². The van der Waals surface area contributed by atoms with E-state index in [0.29, 0.717) is 26.1 Å². The van der Waals surface area contributed by atoms with Crippen molar-refractivity contribution in [2.24, 2.45) is 0 Å². The number of hydrogen-bond acceptors (Lipinski definition) is 4. The normalized spacial score (nSPS) is 19.2. The lowest BCUT2D eigenvalue weighted by Crippen LogP contribution is -2.52. The van der Waals surface area contributed by atoms with Crippen molar-refractivity contribution in [2.75, 3.05) is 31.1 Å². The minimum absolute atomic E-state index is 0.263. The average molecular weight is 389 g/mol. The molecule has 28 heavy (non-hydrogen) atoms. The smallest absolute Gasteiger partial charge is 0.410 e. The summed E-state index contributed by atoms with van der Waals surface area (Å²) in [7, 11) is 0. The van der Waals surface area contributed by atoms with Crippen LogP contribution in [0.5, 0.6) is 0 Å². The first-order valence-corrected chi connectivity index (χ1v) is 9.82. The molecule has 0 unspecified atom stereocenters. The second-order valence-corrected chi connectivity index (χ2v) is 9.23. The maximum atomic E-state index is 12.3. The van der Waals surface area contributed by atoms with Crippen molar-refractivity contribution in [2.45, 2.75) is 58.7 Å². The van der Waals surface area contributed by atoms with Gasteiger partial charge in [-0.2, -0.15) is 0 Å². The van der Waals surface area contributed by atoms with Crippen LogP contribution in [0.3, 0.4) is 0 Å². The molecule has 154 valence electrons. The van der Waals surface area contributed by atoms with E-state index < -0.39 is 17.2 Å². The third-order valence-electron chi connectivity index (χ3n) is 5.42. The van der Waals surface area contributed by atoms with Crippen LogP contribution >= 0.6 is 0 Å². The van der Waals surface area contributed by atoms with E-state index in [1.54, 1.807) is 4.90 Å². The lowest BCUT2D eigenvalue weighted by atomic mass is 9.84. The molecular formula is C21H31N3O4. The number of carbonyl (C=O) groups is 2. The van der Waals surface area contributed by atoms with Crippen LogP contribution in [0.4, 0.5) is 15.3 Å². The lowest BCUT2D eigenvalue weighted by molar-refractivity contribution is 0.0240. The van der Waals surface area contributed by atoms with E-state index in [1.165, 1.54) is 10.5 Å².